The molecule has 0 saturated carbocycles. The second-order valence-corrected chi connectivity index (χ2v) is 4.53. The van der Waals surface area contributed by atoms with Gasteiger partial charge >= 0.3 is 5.97 Å². The molecule has 0 radical (unpaired) electrons. The molecule has 0 aliphatic carbocycles. The minimum atomic E-state index is -0.244. The Bertz CT molecular complexity index is 234. The highest BCUT2D eigenvalue weighted by Crippen LogP contribution is 1.97. The van der Waals surface area contributed by atoms with Gasteiger partial charge in [-0.1, -0.05) is 0 Å². The zero-order chi connectivity index (χ0) is 12.6. The molecular weight excluding hydrogens is 208 g/mol. The van der Waals surface area contributed by atoms with Gasteiger partial charge in [-0.05, 0) is 27.7 Å². The summed E-state index contributed by atoms with van der Waals surface area (Å²) in [5, 5.41) is 5.70. The van der Waals surface area contributed by atoms with Crippen molar-refractivity contribution in [1.82, 2.24) is 10.6 Å². The van der Waals surface area contributed by atoms with Crippen molar-refractivity contribution in [1.29, 1.82) is 0 Å². The zero-order valence-electron chi connectivity index (χ0n) is 10.6. The van der Waals surface area contributed by atoms with Gasteiger partial charge in [-0.15, -0.1) is 0 Å². The predicted molar refractivity (Wildman–Crippen MR) is 62.0 cm³/mol. The van der Waals surface area contributed by atoms with Crippen LogP contribution in [0.25, 0.3) is 0 Å². The van der Waals surface area contributed by atoms with Gasteiger partial charge in [-0.25, -0.2) is 0 Å². The van der Waals surface area contributed by atoms with E-state index >= 15 is 0 Å². The summed E-state index contributed by atoms with van der Waals surface area (Å²) >= 11 is 0. The Morgan fingerprint density at radius 2 is 1.88 bits per heavy atom. The Hall–Kier alpha value is -1.10. The number of esters is 1. The van der Waals surface area contributed by atoms with E-state index in [0.717, 1.165) is 0 Å². The van der Waals surface area contributed by atoms with Crippen LogP contribution in [-0.4, -0.2) is 37.1 Å². The Kier molecular flexibility index (Phi) is 6.72. The van der Waals surface area contributed by atoms with E-state index in [4.69, 9.17) is 4.74 Å². The summed E-state index contributed by atoms with van der Waals surface area (Å²) in [7, 11) is 0. The van der Waals surface area contributed by atoms with Crippen molar-refractivity contribution in [2.45, 2.75) is 39.7 Å². The van der Waals surface area contributed by atoms with Gasteiger partial charge in [0, 0.05) is 12.1 Å². The first kappa shape index (κ1) is 14.9. The molecule has 0 aliphatic rings. The summed E-state index contributed by atoms with van der Waals surface area (Å²) < 4.78 is 4.75. The van der Waals surface area contributed by atoms with Crippen LogP contribution in [0.1, 0.15) is 34.1 Å². The van der Waals surface area contributed by atoms with Crippen LogP contribution in [0.4, 0.5) is 0 Å². The lowest BCUT2D eigenvalue weighted by atomic mass is 10.1. The van der Waals surface area contributed by atoms with Crippen LogP contribution in [0.5, 0.6) is 0 Å². The molecule has 0 spiro atoms. The van der Waals surface area contributed by atoms with Crippen LogP contribution in [0.15, 0.2) is 0 Å². The SMILES string of the molecule is CCOC(=O)CCNCC(=O)NC(C)(C)C. The lowest BCUT2D eigenvalue weighted by Crippen LogP contribution is -2.45. The van der Waals surface area contributed by atoms with E-state index in [1.165, 1.54) is 0 Å². The second-order valence-electron chi connectivity index (χ2n) is 4.53. The van der Waals surface area contributed by atoms with Gasteiger partial charge in [0.05, 0.1) is 19.6 Å². The maximum Gasteiger partial charge on any atom is 0.307 e. The highest BCUT2D eigenvalue weighted by molar-refractivity contribution is 5.78. The molecule has 0 saturated heterocycles. The largest absolute Gasteiger partial charge is 0.466 e. The van der Waals surface area contributed by atoms with E-state index in [1.807, 2.05) is 20.8 Å². The van der Waals surface area contributed by atoms with Crippen molar-refractivity contribution in [2.75, 3.05) is 19.7 Å². The normalized spacial score (nSPS) is 11.0. The molecule has 0 aromatic rings. The van der Waals surface area contributed by atoms with Gasteiger partial charge in [0.15, 0.2) is 0 Å². The maximum absolute atomic E-state index is 11.3. The van der Waals surface area contributed by atoms with Gasteiger partial charge < -0.3 is 15.4 Å². The summed E-state index contributed by atoms with van der Waals surface area (Å²) in [6.45, 7) is 8.59. The summed E-state index contributed by atoms with van der Waals surface area (Å²) in [5.41, 5.74) is -0.222. The molecule has 5 heteroatoms. The first-order valence-corrected chi connectivity index (χ1v) is 5.52. The minimum absolute atomic E-state index is 0.0728. The van der Waals surface area contributed by atoms with Gasteiger partial charge in [-0.2, -0.15) is 0 Å². The van der Waals surface area contributed by atoms with E-state index in [1.54, 1.807) is 6.92 Å². The molecule has 5 nitrogen and oxygen atoms in total. The minimum Gasteiger partial charge on any atom is -0.466 e. The van der Waals surface area contributed by atoms with Crippen LogP contribution >= 0.6 is 0 Å². The number of rotatable bonds is 6. The quantitative estimate of drug-likeness (QED) is 0.513. The molecule has 0 heterocycles. The molecule has 0 aromatic heterocycles. The van der Waals surface area contributed by atoms with Gasteiger partial charge in [-0.3, -0.25) is 9.59 Å². The zero-order valence-corrected chi connectivity index (χ0v) is 10.6. The second kappa shape index (κ2) is 7.22. The summed E-state index contributed by atoms with van der Waals surface area (Å²) in [5.74, 6) is -0.317. The molecule has 16 heavy (non-hydrogen) atoms. The molecule has 0 unspecified atom stereocenters. The monoisotopic (exact) mass is 230 g/mol. The molecule has 1 amide bonds. The molecular formula is C11H22N2O3. The predicted octanol–water partition coefficient (Wildman–Crippen LogP) is 0.444. The molecule has 0 aliphatic heterocycles. The first-order valence-electron chi connectivity index (χ1n) is 5.52. The Morgan fingerprint density at radius 1 is 1.25 bits per heavy atom. The van der Waals surface area contributed by atoms with Crippen molar-refractivity contribution in [3.05, 3.63) is 0 Å². The third kappa shape index (κ3) is 9.45. The van der Waals surface area contributed by atoms with Crippen LogP contribution in [-0.2, 0) is 14.3 Å². The van der Waals surface area contributed by atoms with Crippen molar-refractivity contribution < 1.29 is 14.3 Å². The van der Waals surface area contributed by atoms with Crippen LogP contribution in [0.3, 0.4) is 0 Å². The standard InChI is InChI=1S/C11H22N2O3/c1-5-16-10(15)6-7-12-8-9(14)13-11(2,3)4/h12H,5-8H2,1-4H3,(H,13,14). The summed E-state index contributed by atoms with van der Waals surface area (Å²) in [4.78, 5) is 22.3. The first-order chi connectivity index (χ1) is 7.35. The lowest BCUT2D eigenvalue weighted by Gasteiger charge is -2.20. The highest BCUT2D eigenvalue weighted by Gasteiger charge is 2.12. The number of amides is 1. The lowest BCUT2D eigenvalue weighted by molar-refractivity contribution is -0.143. The summed E-state index contributed by atoms with van der Waals surface area (Å²) in [6.07, 6.45) is 0.288. The number of hydrogen-bond acceptors (Lipinski definition) is 4. The molecule has 2 N–H and O–H groups in total. The number of hydrogen-bond donors (Lipinski definition) is 2. The van der Waals surface area contributed by atoms with Crippen molar-refractivity contribution in [3.63, 3.8) is 0 Å². The Labute approximate surface area is 96.9 Å². The van der Waals surface area contributed by atoms with E-state index in [-0.39, 0.29) is 30.4 Å². The molecule has 0 aromatic carbocycles. The molecule has 0 bridgehead atoms. The van der Waals surface area contributed by atoms with E-state index < -0.39 is 0 Å². The Balaban J connectivity index is 3.52. The topological polar surface area (TPSA) is 67.4 Å². The van der Waals surface area contributed by atoms with Gasteiger partial charge in [0.2, 0.25) is 5.91 Å². The van der Waals surface area contributed by atoms with Gasteiger partial charge in [0.1, 0.15) is 0 Å². The van der Waals surface area contributed by atoms with Crippen molar-refractivity contribution in [2.24, 2.45) is 0 Å². The molecule has 0 rings (SSSR count). The van der Waals surface area contributed by atoms with E-state index in [9.17, 15) is 9.59 Å². The maximum atomic E-state index is 11.3. The number of carbonyl (C=O) groups excluding carboxylic acids is 2. The third-order valence-electron chi connectivity index (χ3n) is 1.61. The smallest absolute Gasteiger partial charge is 0.307 e. The van der Waals surface area contributed by atoms with Crippen LogP contribution in [0, 0.1) is 0 Å². The molecule has 0 atom stereocenters. The van der Waals surface area contributed by atoms with E-state index in [0.29, 0.717) is 13.2 Å². The number of nitrogens with one attached hydrogen (secondary N) is 2. The Morgan fingerprint density at radius 3 is 2.38 bits per heavy atom. The number of ether oxygens (including phenoxy) is 1. The molecule has 0 fully saturated rings. The van der Waals surface area contributed by atoms with Crippen molar-refractivity contribution in [3.8, 4) is 0 Å². The fourth-order valence-corrected chi connectivity index (χ4v) is 1.09. The fraction of sp³-hybridized carbons (Fsp3) is 0.818. The summed E-state index contributed by atoms with van der Waals surface area (Å²) in [6, 6.07) is 0. The van der Waals surface area contributed by atoms with Crippen LogP contribution < -0.4 is 10.6 Å². The highest BCUT2D eigenvalue weighted by atomic mass is 16.5. The van der Waals surface area contributed by atoms with Crippen LogP contribution in [0.2, 0.25) is 0 Å². The third-order valence-corrected chi connectivity index (χ3v) is 1.61. The fourth-order valence-electron chi connectivity index (χ4n) is 1.09. The average Bonchev–Trinajstić information content (AvgIpc) is 2.10. The number of carbonyl (C=O) groups is 2. The van der Waals surface area contributed by atoms with Gasteiger partial charge in [0.25, 0.3) is 0 Å². The molecule has 94 valence electrons. The van der Waals surface area contributed by atoms with Crippen molar-refractivity contribution >= 4 is 11.9 Å². The van der Waals surface area contributed by atoms with E-state index in [2.05, 4.69) is 10.6 Å². The average molecular weight is 230 g/mol.